The molecule has 2 aliphatic rings. The summed E-state index contributed by atoms with van der Waals surface area (Å²) in [5, 5.41) is 7.87. The van der Waals surface area contributed by atoms with E-state index in [1.807, 2.05) is 29.1 Å². The van der Waals surface area contributed by atoms with Crippen LogP contribution in [0.5, 0.6) is 5.75 Å². The van der Waals surface area contributed by atoms with Crippen LogP contribution in [0.25, 0.3) is 11.4 Å². The lowest BCUT2D eigenvalue weighted by atomic mass is 9.87. The van der Waals surface area contributed by atoms with Gasteiger partial charge in [-0.25, -0.2) is 4.68 Å². The van der Waals surface area contributed by atoms with Gasteiger partial charge in [0.1, 0.15) is 18.0 Å². The molecule has 0 saturated carbocycles. The lowest BCUT2D eigenvalue weighted by Crippen LogP contribution is -2.61. The fourth-order valence-corrected chi connectivity index (χ4v) is 6.10. The van der Waals surface area contributed by atoms with Gasteiger partial charge in [0.05, 0.1) is 17.6 Å². The molecule has 1 atom stereocenters. The molecule has 0 amide bonds. The van der Waals surface area contributed by atoms with Gasteiger partial charge in [0, 0.05) is 25.9 Å². The van der Waals surface area contributed by atoms with Gasteiger partial charge < -0.3 is 19.2 Å². The van der Waals surface area contributed by atoms with E-state index < -0.39 is 8.32 Å². The minimum absolute atomic E-state index is 0.0113. The molecule has 2 fully saturated rings. The summed E-state index contributed by atoms with van der Waals surface area (Å²) in [5.41, 5.74) is 3.96. The fraction of sp³-hybridized carbons (Fsp3) is 0.462. The molecule has 34 heavy (non-hydrogen) atoms. The van der Waals surface area contributed by atoms with E-state index in [1.54, 1.807) is 6.20 Å². The number of hydrogen-bond acceptors (Lipinski definition) is 6. The van der Waals surface area contributed by atoms with Crippen molar-refractivity contribution < 1.29 is 13.9 Å². The van der Waals surface area contributed by atoms with Gasteiger partial charge in [-0.15, -0.1) is 0 Å². The fourth-order valence-electron chi connectivity index (χ4n) is 4.66. The Kier molecular flexibility index (Phi) is 6.57. The zero-order valence-electron chi connectivity index (χ0n) is 20.3. The average molecular weight is 479 g/mol. The van der Waals surface area contributed by atoms with E-state index >= 15 is 0 Å². The van der Waals surface area contributed by atoms with Crippen LogP contribution in [0.3, 0.4) is 0 Å². The van der Waals surface area contributed by atoms with Crippen molar-refractivity contribution in [3.63, 3.8) is 0 Å². The molecule has 0 aliphatic carbocycles. The molecule has 180 valence electrons. The second kappa shape index (κ2) is 9.62. The number of nitrogens with one attached hydrogen (secondary N) is 1. The molecule has 0 spiro atoms. The highest BCUT2D eigenvalue weighted by Gasteiger charge is 2.43. The summed E-state index contributed by atoms with van der Waals surface area (Å²) in [5.74, 6) is 0.743. The van der Waals surface area contributed by atoms with E-state index in [1.165, 1.54) is 5.56 Å². The number of benzene rings is 1. The van der Waals surface area contributed by atoms with E-state index in [-0.39, 0.29) is 11.8 Å². The van der Waals surface area contributed by atoms with Crippen LogP contribution >= 0.6 is 0 Å². The normalized spacial score (nSPS) is 20.0. The average Bonchev–Trinajstić information content (AvgIpc) is 3.31. The van der Waals surface area contributed by atoms with Crippen LogP contribution in [0.1, 0.15) is 36.6 Å². The Balaban J connectivity index is 1.25. The maximum atomic E-state index is 6.58. The number of pyridine rings is 1. The van der Waals surface area contributed by atoms with Gasteiger partial charge in [0.15, 0.2) is 14.5 Å². The van der Waals surface area contributed by atoms with Gasteiger partial charge in [-0.1, -0.05) is 18.2 Å². The smallest absolute Gasteiger partial charge is 0.185 e. The molecule has 8 heteroatoms. The highest BCUT2D eigenvalue weighted by molar-refractivity contribution is 6.69. The third-order valence-corrected chi connectivity index (χ3v) is 7.28. The standard InChI is InChI=1S/C26H34N4O3Si/c1-34(2,3)33-26(18-27-19-26)21-8-6-7-20(15-21)17-32-22-10-11-23(28-16-22)24-12-13-29-30(24)25-9-4-5-14-31-25/h6-8,10-13,15-16,25,27H,4-5,9,14,17-19H2,1-3H3. The largest absolute Gasteiger partial charge is 0.487 e. The number of ether oxygens (including phenoxy) is 2. The molecule has 2 saturated heterocycles. The number of nitrogens with zero attached hydrogens (tertiary/aromatic N) is 3. The summed E-state index contributed by atoms with van der Waals surface area (Å²) >= 11 is 0. The Morgan fingerprint density at radius 3 is 2.71 bits per heavy atom. The van der Waals surface area contributed by atoms with Crippen LogP contribution in [0.4, 0.5) is 0 Å². The summed E-state index contributed by atoms with van der Waals surface area (Å²) in [6.45, 7) is 9.71. The Morgan fingerprint density at radius 1 is 1.15 bits per heavy atom. The highest BCUT2D eigenvalue weighted by atomic mass is 28.4. The SMILES string of the molecule is C[Si](C)(C)OC1(c2cccc(COc3ccc(-c4ccnn4C4CCCCO4)nc3)c2)CNC1. The lowest BCUT2D eigenvalue weighted by Gasteiger charge is -2.47. The quantitative estimate of drug-likeness (QED) is 0.466. The van der Waals surface area contributed by atoms with Crippen molar-refractivity contribution >= 4 is 8.32 Å². The Bertz CT molecular complexity index is 1100. The van der Waals surface area contributed by atoms with Crippen LogP contribution < -0.4 is 10.1 Å². The number of rotatable bonds is 8. The summed E-state index contributed by atoms with van der Waals surface area (Å²) in [7, 11) is -1.67. The third-order valence-electron chi connectivity index (χ3n) is 6.28. The Labute approximate surface area is 202 Å². The van der Waals surface area contributed by atoms with E-state index in [9.17, 15) is 0 Å². The first kappa shape index (κ1) is 23.2. The van der Waals surface area contributed by atoms with Gasteiger partial charge in [0.2, 0.25) is 0 Å². The van der Waals surface area contributed by atoms with Gasteiger partial charge in [-0.2, -0.15) is 5.10 Å². The third kappa shape index (κ3) is 5.10. The van der Waals surface area contributed by atoms with E-state index in [4.69, 9.17) is 13.9 Å². The molecule has 4 heterocycles. The molecule has 1 unspecified atom stereocenters. The van der Waals surface area contributed by atoms with Crippen LogP contribution in [-0.4, -0.2) is 42.8 Å². The zero-order chi connectivity index (χ0) is 23.6. The van der Waals surface area contributed by atoms with Crippen molar-refractivity contribution in [2.75, 3.05) is 19.7 Å². The topological polar surface area (TPSA) is 70.4 Å². The van der Waals surface area contributed by atoms with Crippen molar-refractivity contribution in [1.29, 1.82) is 0 Å². The van der Waals surface area contributed by atoms with Crippen molar-refractivity contribution in [3.05, 3.63) is 66.0 Å². The summed E-state index contributed by atoms with van der Waals surface area (Å²) in [4.78, 5) is 4.64. The highest BCUT2D eigenvalue weighted by Crippen LogP contribution is 2.34. The summed E-state index contributed by atoms with van der Waals surface area (Å²) in [6.07, 6.45) is 6.83. The molecule has 2 aliphatic heterocycles. The maximum Gasteiger partial charge on any atom is 0.185 e. The number of aromatic nitrogens is 3. The summed E-state index contributed by atoms with van der Waals surface area (Å²) in [6, 6.07) is 14.5. The summed E-state index contributed by atoms with van der Waals surface area (Å²) < 4.78 is 20.5. The van der Waals surface area contributed by atoms with Gasteiger partial charge in [0.25, 0.3) is 0 Å². The second-order valence-electron chi connectivity index (χ2n) is 10.2. The molecule has 7 nitrogen and oxygen atoms in total. The molecule has 3 aromatic rings. The van der Waals surface area contributed by atoms with Gasteiger partial charge >= 0.3 is 0 Å². The first-order valence-electron chi connectivity index (χ1n) is 12.2. The molecular weight excluding hydrogens is 444 g/mol. The van der Waals surface area contributed by atoms with Crippen molar-refractivity contribution in [2.45, 2.75) is 57.3 Å². The van der Waals surface area contributed by atoms with Crippen molar-refractivity contribution in [1.82, 2.24) is 20.1 Å². The van der Waals surface area contributed by atoms with E-state index in [0.29, 0.717) is 6.61 Å². The zero-order valence-corrected chi connectivity index (χ0v) is 21.3. The van der Waals surface area contributed by atoms with Crippen LogP contribution in [0, 0.1) is 0 Å². The molecule has 1 aromatic carbocycles. The van der Waals surface area contributed by atoms with Gasteiger partial charge in [-0.3, -0.25) is 4.98 Å². The first-order chi connectivity index (χ1) is 16.4. The lowest BCUT2D eigenvalue weighted by molar-refractivity contribution is -0.0384. The minimum atomic E-state index is -1.67. The molecule has 1 N–H and O–H groups in total. The van der Waals surface area contributed by atoms with Crippen molar-refractivity contribution in [2.24, 2.45) is 0 Å². The predicted molar refractivity (Wildman–Crippen MR) is 134 cm³/mol. The maximum absolute atomic E-state index is 6.58. The molecule has 0 bridgehead atoms. The molecule has 5 rings (SSSR count). The minimum Gasteiger partial charge on any atom is -0.487 e. The molecule has 0 radical (unpaired) electrons. The number of hydrogen-bond donors (Lipinski definition) is 1. The second-order valence-corrected chi connectivity index (χ2v) is 14.6. The van der Waals surface area contributed by atoms with Crippen molar-refractivity contribution in [3.8, 4) is 17.1 Å². The van der Waals surface area contributed by atoms with E-state index in [0.717, 1.165) is 61.7 Å². The van der Waals surface area contributed by atoms with Crippen LogP contribution in [0.15, 0.2) is 54.9 Å². The first-order valence-corrected chi connectivity index (χ1v) is 15.6. The molecule has 2 aromatic heterocycles. The van der Waals surface area contributed by atoms with E-state index in [2.05, 4.69) is 59.3 Å². The van der Waals surface area contributed by atoms with Crippen LogP contribution in [-0.2, 0) is 21.4 Å². The monoisotopic (exact) mass is 478 g/mol. The Morgan fingerprint density at radius 2 is 2.03 bits per heavy atom. The van der Waals surface area contributed by atoms with Crippen LogP contribution in [0.2, 0.25) is 19.6 Å². The predicted octanol–water partition coefficient (Wildman–Crippen LogP) is 4.87. The molecular formula is C26H34N4O3Si. The van der Waals surface area contributed by atoms with Gasteiger partial charge in [-0.05, 0) is 74.3 Å². The Hall–Kier alpha value is -2.52.